The number of carbonyl (C=O) groups excluding carboxylic acids is 4. The zero-order valence-corrected chi connectivity index (χ0v) is 64.8. The van der Waals surface area contributed by atoms with E-state index in [9.17, 15) is 43.2 Å². The zero-order valence-electron chi connectivity index (χ0n) is 63.0. The number of esters is 4. The van der Waals surface area contributed by atoms with Crippen molar-refractivity contribution in [2.45, 2.75) is 394 Å². The Morgan fingerprint density at radius 3 is 0.835 bits per heavy atom. The summed E-state index contributed by atoms with van der Waals surface area (Å²) in [5, 5.41) is 10.6. The van der Waals surface area contributed by atoms with Crippen molar-refractivity contribution < 1.29 is 80.2 Å². The molecule has 5 atom stereocenters. The lowest BCUT2D eigenvalue weighted by atomic mass is 10.0. The lowest BCUT2D eigenvalue weighted by Gasteiger charge is -2.21. The van der Waals surface area contributed by atoms with E-state index in [0.29, 0.717) is 37.5 Å². The standard InChI is InChI=1S/C78H148O17P2/c1-8-9-10-11-12-13-14-15-20-24-27-30-38-45-52-59-75(80)88-65-73(94-77(82)61-54-47-39-31-28-25-22-19-17-16-18-21-23-26-29-35-42-49-56-69(2)3)67-92-96(84,85)90-63-72(79)64-91-97(86,87)93-68-74(66-89-76(81)60-53-46-41-34-37-44-51-58-71(6)7)95-78(83)62-55-48-40-33-32-36-43-50-57-70(4)5/h13-15,20,69-74,79H,8-12,16-19,21-68H2,1-7H3,(H,84,85)(H,86,87)/b14-13-,20-15-/t72?,73-,74-/m1/s1. The van der Waals surface area contributed by atoms with Crippen LogP contribution >= 0.6 is 15.6 Å². The van der Waals surface area contributed by atoms with Gasteiger partial charge in [0.15, 0.2) is 12.2 Å². The van der Waals surface area contributed by atoms with Crippen LogP contribution in [0.4, 0.5) is 0 Å². The van der Waals surface area contributed by atoms with Crippen molar-refractivity contribution in [2.24, 2.45) is 17.8 Å². The molecule has 0 fully saturated rings. The van der Waals surface area contributed by atoms with Gasteiger partial charge in [0, 0.05) is 25.7 Å². The van der Waals surface area contributed by atoms with Gasteiger partial charge in [0.05, 0.1) is 26.4 Å². The van der Waals surface area contributed by atoms with Gasteiger partial charge < -0.3 is 33.8 Å². The summed E-state index contributed by atoms with van der Waals surface area (Å²) in [4.78, 5) is 72.8. The Hall–Kier alpha value is -2.46. The molecule has 3 N–H and O–H groups in total. The lowest BCUT2D eigenvalue weighted by molar-refractivity contribution is -0.161. The van der Waals surface area contributed by atoms with Crippen molar-refractivity contribution in [1.29, 1.82) is 0 Å². The summed E-state index contributed by atoms with van der Waals surface area (Å²) in [6, 6.07) is 0. The average molecular weight is 1420 g/mol. The zero-order chi connectivity index (χ0) is 71.6. The molecule has 0 aliphatic heterocycles. The summed E-state index contributed by atoms with van der Waals surface area (Å²) in [5.74, 6) is 0.0893. The van der Waals surface area contributed by atoms with Crippen LogP contribution in [0, 0.1) is 17.8 Å². The highest BCUT2D eigenvalue weighted by molar-refractivity contribution is 7.47. The minimum atomic E-state index is -4.97. The van der Waals surface area contributed by atoms with Crippen LogP contribution in [0.1, 0.15) is 376 Å². The summed E-state index contributed by atoms with van der Waals surface area (Å²) in [5.41, 5.74) is 0. The summed E-state index contributed by atoms with van der Waals surface area (Å²) < 4.78 is 68.5. The smallest absolute Gasteiger partial charge is 0.462 e. The summed E-state index contributed by atoms with van der Waals surface area (Å²) in [7, 11) is -9.92. The summed E-state index contributed by atoms with van der Waals surface area (Å²) in [6.45, 7) is 11.8. The Kier molecular flexibility index (Phi) is 66.3. The number of hydrogen-bond donors (Lipinski definition) is 3. The van der Waals surface area contributed by atoms with Crippen LogP contribution in [-0.4, -0.2) is 96.7 Å². The predicted octanol–water partition coefficient (Wildman–Crippen LogP) is 22.5. The minimum Gasteiger partial charge on any atom is -0.462 e. The fourth-order valence-electron chi connectivity index (χ4n) is 11.4. The molecule has 0 spiro atoms. The third-order valence-electron chi connectivity index (χ3n) is 17.5. The molecule has 0 aromatic heterocycles. The van der Waals surface area contributed by atoms with Gasteiger partial charge in [-0.15, -0.1) is 0 Å². The number of phosphoric acid groups is 2. The fraction of sp³-hybridized carbons (Fsp3) is 0.897. The van der Waals surface area contributed by atoms with Crippen molar-refractivity contribution in [3.05, 3.63) is 24.3 Å². The van der Waals surface area contributed by atoms with E-state index in [0.717, 1.165) is 121 Å². The van der Waals surface area contributed by atoms with Crippen molar-refractivity contribution in [3.63, 3.8) is 0 Å². The molecule has 0 aliphatic carbocycles. The van der Waals surface area contributed by atoms with E-state index in [1.54, 1.807) is 0 Å². The molecule has 0 aromatic carbocycles. The van der Waals surface area contributed by atoms with Gasteiger partial charge in [-0.1, -0.05) is 323 Å². The van der Waals surface area contributed by atoms with Gasteiger partial charge in [0.2, 0.25) is 0 Å². The number of ether oxygens (including phenoxy) is 4. The second-order valence-electron chi connectivity index (χ2n) is 28.8. The molecule has 0 amide bonds. The number of unbranched alkanes of at least 4 members (excludes halogenated alkanes) is 39. The van der Waals surface area contributed by atoms with Crippen LogP contribution in [0.3, 0.4) is 0 Å². The lowest BCUT2D eigenvalue weighted by Crippen LogP contribution is -2.30. The Morgan fingerprint density at radius 1 is 0.320 bits per heavy atom. The van der Waals surface area contributed by atoms with Gasteiger partial charge >= 0.3 is 39.5 Å². The van der Waals surface area contributed by atoms with Gasteiger partial charge in [-0.3, -0.25) is 37.3 Å². The molecule has 0 rings (SSSR count). The largest absolute Gasteiger partial charge is 0.472 e. The van der Waals surface area contributed by atoms with Crippen LogP contribution in [0.15, 0.2) is 24.3 Å². The topological polar surface area (TPSA) is 237 Å². The number of aliphatic hydroxyl groups excluding tert-OH is 1. The number of rotatable bonds is 74. The highest BCUT2D eigenvalue weighted by atomic mass is 31.2. The van der Waals surface area contributed by atoms with Gasteiger partial charge in [-0.05, 0) is 69.1 Å². The predicted molar refractivity (Wildman–Crippen MR) is 395 cm³/mol. The maximum absolute atomic E-state index is 13.1. The third kappa shape index (κ3) is 71.7. The van der Waals surface area contributed by atoms with Crippen LogP contribution < -0.4 is 0 Å². The second-order valence-corrected chi connectivity index (χ2v) is 31.7. The first-order valence-corrected chi connectivity index (χ1v) is 42.7. The first kappa shape index (κ1) is 94.5. The number of allylic oxidation sites excluding steroid dienone is 4. The average Bonchev–Trinajstić information content (AvgIpc) is 2.44. The monoisotopic (exact) mass is 1420 g/mol. The number of hydrogen-bond acceptors (Lipinski definition) is 15. The fourth-order valence-corrected chi connectivity index (χ4v) is 13.0. The van der Waals surface area contributed by atoms with Crippen LogP contribution in [0.25, 0.3) is 0 Å². The van der Waals surface area contributed by atoms with Crippen molar-refractivity contribution in [1.82, 2.24) is 0 Å². The van der Waals surface area contributed by atoms with E-state index >= 15 is 0 Å². The molecule has 0 saturated heterocycles. The van der Waals surface area contributed by atoms with Gasteiger partial charge in [-0.2, -0.15) is 0 Å². The molecule has 19 heteroatoms. The van der Waals surface area contributed by atoms with E-state index in [1.807, 2.05) is 0 Å². The Balaban J connectivity index is 5.24. The molecular formula is C78H148O17P2. The molecule has 97 heavy (non-hydrogen) atoms. The Labute approximate surface area is 592 Å². The molecular weight excluding hydrogens is 1270 g/mol. The van der Waals surface area contributed by atoms with Gasteiger partial charge in [0.1, 0.15) is 19.3 Å². The van der Waals surface area contributed by atoms with Crippen LogP contribution in [0.5, 0.6) is 0 Å². The quantitative estimate of drug-likeness (QED) is 0.0169. The molecule has 17 nitrogen and oxygen atoms in total. The molecule has 0 aromatic rings. The van der Waals surface area contributed by atoms with E-state index in [1.165, 1.54) is 161 Å². The molecule has 0 saturated carbocycles. The first-order chi connectivity index (χ1) is 46.7. The molecule has 0 heterocycles. The van der Waals surface area contributed by atoms with Crippen LogP contribution in [0.2, 0.25) is 0 Å². The van der Waals surface area contributed by atoms with E-state index in [4.69, 9.17) is 37.0 Å². The number of phosphoric ester groups is 2. The molecule has 3 unspecified atom stereocenters. The van der Waals surface area contributed by atoms with E-state index in [2.05, 4.69) is 72.8 Å². The summed E-state index contributed by atoms with van der Waals surface area (Å²) in [6.07, 6.45) is 58.0. The maximum atomic E-state index is 13.1. The van der Waals surface area contributed by atoms with Gasteiger partial charge in [0.25, 0.3) is 0 Å². The molecule has 0 radical (unpaired) electrons. The van der Waals surface area contributed by atoms with Crippen molar-refractivity contribution >= 4 is 39.5 Å². The van der Waals surface area contributed by atoms with Crippen LogP contribution in [-0.2, 0) is 65.4 Å². The normalized spacial score (nSPS) is 14.2. The third-order valence-corrected chi connectivity index (χ3v) is 19.4. The molecule has 0 aliphatic rings. The maximum Gasteiger partial charge on any atom is 0.472 e. The first-order valence-electron chi connectivity index (χ1n) is 39.7. The Bertz CT molecular complexity index is 1980. The number of aliphatic hydroxyl groups is 1. The Morgan fingerprint density at radius 2 is 0.557 bits per heavy atom. The van der Waals surface area contributed by atoms with Crippen molar-refractivity contribution in [2.75, 3.05) is 39.6 Å². The summed E-state index contributed by atoms with van der Waals surface area (Å²) >= 11 is 0. The SMILES string of the molecule is CCCCCC/C=C\C=C/CCCCCCCC(=O)OC[C@H](COP(=O)(O)OCC(O)COP(=O)(O)OC[C@@H](COC(=O)CCCCCCCCCC(C)C)OC(=O)CCCCCCCCCCC(C)C)OC(=O)CCCCCCCCCCCCCCCCCCCCC(C)C. The number of carbonyl (C=O) groups is 4. The van der Waals surface area contributed by atoms with E-state index < -0.39 is 97.5 Å². The van der Waals surface area contributed by atoms with Crippen molar-refractivity contribution in [3.8, 4) is 0 Å². The molecule has 0 bridgehead atoms. The molecule has 572 valence electrons. The minimum absolute atomic E-state index is 0.101. The highest BCUT2D eigenvalue weighted by Crippen LogP contribution is 2.45. The highest BCUT2D eigenvalue weighted by Gasteiger charge is 2.30. The second kappa shape index (κ2) is 68.0. The van der Waals surface area contributed by atoms with Gasteiger partial charge in [-0.25, -0.2) is 9.13 Å². The van der Waals surface area contributed by atoms with E-state index in [-0.39, 0.29) is 25.7 Å².